The highest BCUT2D eigenvalue weighted by molar-refractivity contribution is 7.89. The number of aromatic nitrogens is 1. The van der Waals surface area contributed by atoms with E-state index in [0.717, 1.165) is 0 Å². The van der Waals surface area contributed by atoms with Gasteiger partial charge in [0.1, 0.15) is 5.82 Å². The normalized spacial score (nSPS) is 11.5. The SMILES string of the molecule is Cc1c(C(=O)O)cc(-c2ccc(F)cc2)n1-c1ccc(S(N)(=O)=O)cc1. The number of hydrogen-bond acceptors (Lipinski definition) is 3. The number of carbonyl (C=O) groups is 1. The van der Waals surface area contributed by atoms with Crippen LogP contribution in [0.5, 0.6) is 0 Å². The highest BCUT2D eigenvalue weighted by atomic mass is 32.2. The van der Waals surface area contributed by atoms with E-state index in [4.69, 9.17) is 5.14 Å². The second kappa shape index (κ2) is 6.40. The molecule has 0 aliphatic carbocycles. The Morgan fingerprint density at radius 3 is 2.15 bits per heavy atom. The molecule has 0 aliphatic heterocycles. The minimum atomic E-state index is -3.83. The van der Waals surface area contributed by atoms with Crippen molar-refractivity contribution in [3.05, 3.63) is 71.7 Å². The molecule has 0 amide bonds. The molecule has 0 bridgehead atoms. The van der Waals surface area contributed by atoms with Crippen LogP contribution in [0.4, 0.5) is 4.39 Å². The average molecular weight is 374 g/mol. The Kier molecular flexibility index (Phi) is 4.39. The molecular weight excluding hydrogens is 359 g/mol. The van der Waals surface area contributed by atoms with Crippen LogP contribution in [-0.2, 0) is 10.0 Å². The lowest BCUT2D eigenvalue weighted by Crippen LogP contribution is -2.12. The predicted octanol–water partition coefficient (Wildman–Crippen LogP) is 2.94. The number of rotatable bonds is 4. The third kappa shape index (κ3) is 3.24. The molecule has 0 radical (unpaired) electrons. The molecule has 1 aromatic heterocycles. The van der Waals surface area contributed by atoms with E-state index in [1.807, 2.05) is 0 Å². The summed E-state index contributed by atoms with van der Waals surface area (Å²) in [5, 5.41) is 14.5. The standard InChI is InChI=1S/C18H15FN2O4S/c1-11-16(18(22)23)10-17(12-2-4-13(19)5-3-12)21(11)14-6-8-15(9-7-14)26(20,24)25/h2-10H,1H3,(H,22,23)(H2,20,24,25). The summed E-state index contributed by atoms with van der Waals surface area (Å²) in [6.07, 6.45) is 0. The summed E-state index contributed by atoms with van der Waals surface area (Å²) in [5.74, 6) is -1.50. The van der Waals surface area contributed by atoms with Crippen LogP contribution >= 0.6 is 0 Å². The Balaban J connectivity index is 2.22. The van der Waals surface area contributed by atoms with Crippen LogP contribution in [0.3, 0.4) is 0 Å². The van der Waals surface area contributed by atoms with Crippen molar-refractivity contribution in [1.29, 1.82) is 0 Å². The zero-order valence-electron chi connectivity index (χ0n) is 13.7. The number of sulfonamides is 1. The van der Waals surface area contributed by atoms with Crippen LogP contribution in [0.25, 0.3) is 16.9 Å². The summed E-state index contributed by atoms with van der Waals surface area (Å²) >= 11 is 0. The zero-order chi connectivity index (χ0) is 19.1. The number of hydrogen-bond donors (Lipinski definition) is 2. The first-order chi connectivity index (χ1) is 12.2. The van der Waals surface area contributed by atoms with E-state index in [0.29, 0.717) is 22.6 Å². The second-order valence-electron chi connectivity index (χ2n) is 5.72. The fourth-order valence-electron chi connectivity index (χ4n) is 2.77. The Hall–Kier alpha value is -2.97. The van der Waals surface area contributed by atoms with Crippen LogP contribution in [0.2, 0.25) is 0 Å². The quantitative estimate of drug-likeness (QED) is 0.733. The molecule has 3 aromatic rings. The maximum absolute atomic E-state index is 13.2. The van der Waals surface area contributed by atoms with Gasteiger partial charge in [-0.1, -0.05) is 0 Å². The summed E-state index contributed by atoms with van der Waals surface area (Å²) < 4.78 is 37.7. The first-order valence-corrected chi connectivity index (χ1v) is 9.08. The minimum absolute atomic E-state index is 0.0483. The molecule has 2 aromatic carbocycles. The molecule has 0 spiro atoms. The Labute approximate surface area is 149 Å². The van der Waals surface area contributed by atoms with Crippen LogP contribution in [0, 0.1) is 12.7 Å². The van der Waals surface area contributed by atoms with Crippen molar-refractivity contribution in [2.24, 2.45) is 5.14 Å². The Morgan fingerprint density at radius 1 is 1.08 bits per heavy atom. The molecule has 0 saturated carbocycles. The maximum Gasteiger partial charge on any atom is 0.337 e. The van der Waals surface area contributed by atoms with Crippen LogP contribution < -0.4 is 5.14 Å². The molecule has 3 N–H and O–H groups in total. The van der Waals surface area contributed by atoms with Crippen molar-refractivity contribution in [3.63, 3.8) is 0 Å². The van der Waals surface area contributed by atoms with E-state index >= 15 is 0 Å². The van der Waals surface area contributed by atoms with Gasteiger partial charge in [0, 0.05) is 11.4 Å². The summed E-state index contributed by atoms with van der Waals surface area (Å²) in [6, 6.07) is 12.9. The van der Waals surface area contributed by atoms with Crippen LogP contribution in [0.1, 0.15) is 16.1 Å². The van der Waals surface area contributed by atoms with E-state index in [1.54, 1.807) is 23.6 Å². The molecule has 0 aliphatic rings. The molecular formula is C18H15FN2O4S. The van der Waals surface area contributed by atoms with Crippen LogP contribution in [0.15, 0.2) is 59.5 Å². The molecule has 0 saturated heterocycles. The van der Waals surface area contributed by atoms with Crippen molar-refractivity contribution in [2.75, 3.05) is 0 Å². The third-order valence-electron chi connectivity index (χ3n) is 4.04. The van der Waals surface area contributed by atoms with Gasteiger partial charge in [-0.05, 0) is 67.1 Å². The highest BCUT2D eigenvalue weighted by Gasteiger charge is 2.19. The van der Waals surface area contributed by atoms with E-state index in [9.17, 15) is 22.7 Å². The maximum atomic E-state index is 13.2. The van der Waals surface area contributed by atoms with E-state index in [-0.39, 0.29) is 10.5 Å². The fraction of sp³-hybridized carbons (Fsp3) is 0.0556. The van der Waals surface area contributed by atoms with Crippen molar-refractivity contribution in [2.45, 2.75) is 11.8 Å². The summed E-state index contributed by atoms with van der Waals surface area (Å²) in [4.78, 5) is 11.5. The van der Waals surface area contributed by atoms with Gasteiger partial charge < -0.3 is 9.67 Å². The lowest BCUT2D eigenvalue weighted by molar-refractivity contribution is 0.0696. The number of nitrogens with two attached hydrogens (primary N) is 1. The Morgan fingerprint density at radius 2 is 1.65 bits per heavy atom. The van der Waals surface area contributed by atoms with Gasteiger partial charge in [0.25, 0.3) is 0 Å². The predicted molar refractivity (Wildman–Crippen MR) is 94.2 cm³/mol. The van der Waals surface area contributed by atoms with Gasteiger partial charge >= 0.3 is 5.97 Å². The molecule has 26 heavy (non-hydrogen) atoms. The number of halogens is 1. The molecule has 0 unspecified atom stereocenters. The first-order valence-electron chi connectivity index (χ1n) is 7.53. The molecule has 8 heteroatoms. The van der Waals surface area contributed by atoms with Crippen molar-refractivity contribution >= 4 is 16.0 Å². The summed E-state index contributed by atoms with van der Waals surface area (Å²) in [5.41, 5.74) is 2.28. The number of carboxylic acid groups (broad SMARTS) is 1. The van der Waals surface area contributed by atoms with Gasteiger partial charge in [-0.15, -0.1) is 0 Å². The number of benzene rings is 2. The van der Waals surface area contributed by atoms with Crippen molar-refractivity contribution < 1.29 is 22.7 Å². The van der Waals surface area contributed by atoms with Gasteiger partial charge in [0.2, 0.25) is 10.0 Å². The van der Waals surface area contributed by atoms with E-state index < -0.39 is 21.8 Å². The molecule has 3 rings (SSSR count). The fourth-order valence-corrected chi connectivity index (χ4v) is 3.29. The molecule has 0 atom stereocenters. The zero-order valence-corrected chi connectivity index (χ0v) is 14.5. The van der Waals surface area contributed by atoms with Gasteiger partial charge in [0.15, 0.2) is 0 Å². The first kappa shape index (κ1) is 17.8. The van der Waals surface area contributed by atoms with E-state index in [1.165, 1.54) is 42.5 Å². The smallest absolute Gasteiger partial charge is 0.337 e. The third-order valence-corrected chi connectivity index (χ3v) is 4.97. The van der Waals surface area contributed by atoms with Crippen LogP contribution in [-0.4, -0.2) is 24.1 Å². The summed E-state index contributed by atoms with van der Waals surface area (Å²) in [6.45, 7) is 1.64. The molecule has 6 nitrogen and oxygen atoms in total. The number of carboxylic acids is 1. The summed E-state index contributed by atoms with van der Waals surface area (Å²) in [7, 11) is -3.83. The number of aromatic carboxylic acids is 1. The molecule has 134 valence electrons. The van der Waals surface area contributed by atoms with Crippen molar-refractivity contribution in [3.8, 4) is 16.9 Å². The van der Waals surface area contributed by atoms with Gasteiger partial charge in [0.05, 0.1) is 16.2 Å². The van der Waals surface area contributed by atoms with E-state index in [2.05, 4.69) is 0 Å². The molecule has 1 heterocycles. The minimum Gasteiger partial charge on any atom is -0.478 e. The highest BCUT2D eigenvalue weighted by Crippen LogP contribution is 2.30. The molecule has 0 fully saturated rings. The van der Waals surface area contributed by atoms with Gasteiger partial charge in [-0.3, -0.25) is 0 Å². The van der Waals surface area contributed by atoms with Gasteiger partial charge in [-0.2, -0.15) is 0 Å². The van der Waals surface area contributed by atoms with Gasteiger partial charge in [-0.25, -0.2) is 22.7 Å². The monoisotopic (exact) mass is 374 g/mol. The second-order valence-corrected chi connectivity index (χ2v) is 7.28. The lowest BCUT2D eigenvalue weighted by Gasteiger charge is -2.13. The average Bonchev–Trinajstić information content (AvgIpc) is 2.92. The number of nitrogens with zero attached hydrogens (tertiary/aromatic N) is 1. The topological polar surface area (TPSA) is 102 Å². The van der Waals surface area contributed by atoms with Crippen molar-refractivity contribution in [1.82, 2.24) is 4.57 Å². The Bertz CT molecular complexity index is 1090. The number of primary sulfonamides is 1. The largest absolute Gasteiger partial charge is 0.478 e. The lowest BCUT2D eigenvalue weighted by atomic mass is 10.1.